The van der Waals surface area contributed by atoms with Crippen LogP contribution in [0.25, 0.3) is 0 Å². The van der Waals surface area contributed by atoms with Gasteiger partial charge in [-0.25, -0.2) is 0 Å². The zero-order valence-electron chi connectivity index (χ0n) is 9.53. The van der Waals surface area contributed by atoms with Gasteiger partial charge >= 0.3 is 6.61 Å². The van der Waals surface area contributed by atoms with E-state index in [1.807, 2.05) is 17.8 Å². The average Bonchev–Trinajstić information content (AvgIpc) is 2.63. The first-order valence-electron chi connectivity index (χ1n) is 5.56. The molecule has 1 fully saturated rings. The van der Waals surface area contributed by atoms with Crippen LogP contribution in [0.5, 0.6) is 5.75 Å². The standard InChI is InChI=1S/C12H15F2NOS/c1-8-5-10(7-17-8)15-9-3-2-4-11(6-9)16-12(13)14/h2-4,6,8,10,12,15H,5,7H2,1H3. The van der Waals surface area contributed by atoms with Crippen molar-refractivity contribution in [3.05, 3.63) is 24.3 Å². The Morgan fingerprint density at radius 2 is 2.29 bits per heavy atom. The van der Waals surface area contributed by atoms with Gasteiger partial charge in [0, 0.05) is 28.8 Å². The molecule has 0 saturated carbocycles. The number of hydrogen-bond acceptors (Lipinski definition) is 3. The fourth-order valence-electron chi connectivity index (χ4n) is 1.92. The van der Waals surface area contributed by atoms with Crippen LogP contribution in [0, 0.1) is 0 Å². The van der Waals surface area contributed by atoms with Gasteiger partial charge in [-0.05, 0) is 18.6 Å². The summed E-state index contributed by atoms with van der Waals surface area (Å²) in [6, 6.07) is 7.14. The van der Waals surface area contributed by atoms with E-state index in [0.717, 1.165) is 17.9 Å². The highest BCUT2D eigenvalue weighted by molar-refractivity contribution is 8.00. The van der Waals surface area contributed by atoms with Crippen molar-refractivity contribution in [1.29, 1.82) is 0 Å². The van der Waals surface area contributed by atoms with E-state index in [9.17, 15) is 8.78 Å². The molecule has 1 aromatic rings. The van der Waals surface area contributed by atoms with E-state index in [1.54, 1.807) is 12.1 Å². The van der Waals surface area contributed by atoms with E-state index in [0.29, 0.717) is 11.3 Å². The molecule has 0 aliphatic carbocycles. The van der Waals surface area contributed by atoms with Crippen molar-refractivity contribution in [2.24, 2.45) is 0 Å². The minimum atomic E-state index is -2.77. The number of alkyl halides is 2. The second-order valence-corrected chi connectivity index (χ2v) is 5.60. The van der Waals surface area contributed by atoms with Gasteiger partial charge in [0.15, 0.2) is 0 Å². The summed E-state index contributed by atoms with van der Waals surface area (Å²) in [4.78, 5) is 0. The summed E-state index contributed by atoms with van der Waals surface area (Å²) < 4.78 is 28.5. The van der Waals surface area contributed by atoms with Gasteiger partial charge in [-0.3, -0.25) is 0 Å². The summed E-state index contributed by atoms with van der Waals surface area (Å²) in [5.74, 6) is 1.25. The molecule has 2 unspecified atom stereocenters. The Balaban J connectivity index is 1.96. The molecular formula is C12H15F2NOS. The van der Waals surface area contributed by atoms with Gasteiger partial charge in [0.25, 0.3) is 0 Å². The lowest BCUT2D eigenvalue weighted by Crippen LogP contribution is -2.18. The zero-order valence-corrected chi connectivity index (χ0v) is 10.3. The van der Waals surface area contributed by atoms with Gasteiger partial charge in [0.1, 0.15) is 5.75 Å². The zero-order chi connectivity index (χ0) is 12.3. The molecule has 17 heavy (non-hydrogen) atoms. The number of nitrogens with one attached hydrogen (secondary N) is 1. The molecule has 2 nitrogen and oxygen atoms in total. The molecule has 0 spiro atoms. The third-order valence-corrected chi connectivity index (χ3v) is 3.98. The monoisotopic (exact) mass is 259 g/mol. The third kappa shape index (κ3) is 3.77. The van der Waals surface area contributed by atoms with Crippen molar-refractivity contribution in [3.8, 4) is 5.75 Å². The molecule has 94 valence electrons. The van der Waals surface area contributed by atoms with Gasteiger partial charge in [0.2, 0.25) is 0 Å². The predicted molar refractivity (Wildman–Crippen MR) is 67.0 cm³/mol. The fourth-order valence-corrected chi connectivity index (χ4v) is 3.06. The number of benzene rings is 1. The molecule has 1 aliphatic rings. The highest BCUT2D eigenvalue weighted by atomic mass is 32.2. The van der Waals surface area contributed by atoms with Crippen molar-refractivity contribution in [2.45, 2.75) is 31.2 Å². The SMILES string of the molecule is CC1CC(Nc2cccc(OC(F)F)c2)CS1. The highest BCUT2D eigenvalue weighted by Crippen LogP contribution is 2.29. The maximum Gasteiger partial charge on any atom is 0.387 e. The van der Waals surface area contributed by atoms with E-state index in [2.05, 4.69) is 17.0 Å². The molecule has 5 heteroatoms. The molecule has 0 bridgehead atoms. The maximum atomic E-state index is 12.1. The molecule has 0 amide bonds. The predicted octanol–water partition coefficient (Wildman–Crippen LogP) is 3.59. The fraction of sp³-hybridized carbons (Fsp3) is 0.500. The smallest absolute Gasteiger partial charge is 0.387 e. The molecule has 2 rings (SSSR count). The number of thioether (sulfide) groups is 1. The maximum absolute atomic E-state index is 12.1. The number of hydrogen-bond donors (Lipinski definition) is 1. The lowest BCUT2D eigenvalue weighted by atomic mass is 10.2. The van der Waals surface area contributed by atoms with Gasteiger partial charge in [-0.1, -0.05) is 13.0 Å². The van der Waals surface area contributed by atoms with E-state index in [4.69, 9.17) is 0 Å². The van der Waals surface area contributed by atoms with Crippen molar-refractivity contribution in [1.82, 2.24) is 0 Å². The molecular weight excluding hydrogens is 244 g/mol. The van der Waals surface area contributed by atoms with Crippen molar-refractivity contribution in [3.63, 3.8) is 0 Å². The Morgan fingerprint density at radius 1 is 1.47 bits per heavy atom. The van der Waals surface area contributed by atoms with Gasteiger partial charge in [-0.15, -0.1) is 0 Å². The van der Waals surface area contributed by atoms with Crippen molar-refractivity contribution < 1.29 is 13.5 Å². The average molecular weight is 259 g/mol. The van der Waals surface area contributed by atoms with E-state index in [1.165, 1.54) is 6.07 Å². The van der Waals surface area contributed by atoms with Crippen LogP contribution in [-0.2, 0) is 0 Å². The Bertz CT molecular complexity index is 375. The van der Waals surface area contributed by atoms with Crippen LogP contribution in [0.1, 0.15) is 13.3 Å². The third-order valence-electron chi connectivity index (χ3n) is 2.63. The normalized spacial score (nSPS) is 24.0. The highest BCUT2D eigenvalue weighted by Gasteiger charge is 2.21. The summed E-state index contributed by atoms with van der Waals surface area (Å²) in [5.41, 5.74) is 0.836. The molecule has 2 atom stereocenters. The molecule has 1 N–H and O–H groups in total. The van der Waals surface area contributed by atoms with Gasteiger partial charge < -0.3 is 10.1 Å². The van der Waals surface area contributed by atoms with Crippen LogP contribution in [0.2, 0.25) is 0 Å². The topological polar surface area (TPSA) is 21.3 Å². The van der Waals surface area contributed by atoms with Crippen molar-refractivity contribution >= 4 is 17.4 Å². The van der Waals surface area contributed by atoms with Gasteiger partial charge in [-0.2, -0.15) is 20.5 Å². The molecule has 0 aromatic heterocycles. The second-order valence-electron chi connectivity index (χ2n) is 4.13. The summed E-state index contributed by atoms with van der Waals surface area (Å²) in [5, 5.41) is 4.00. The van der Waals surface area contributed by atoms with Crippen LogP contribution in [-0.4, -0.2) is 23.7 Å². The summed E-state index contributed by atoms with van der Waals surface area (Å²) in [6.07, 6.45) is 1.10. The number of rotatable bonds is 4. The molecule has 1 saturated heterocycles. The van der Waals surface area contributed by atoms with Crippen LogP contribution in [0.4, 0.5) is 14.5 Å². The van der Waals surface area contributed by atoms with E-state index < -0.39 is 6.61 Å². The molecule has 1 heterocycles. The Kier molecular flexibility index (Phi) is 4.10. The van der Waals surface area contributed by atoms with Crippen LogP contribution in [0.15, 0.2) is 24.3 Å². The lowest BCUT2D eigenvalue weighted by Gasteiger charge is -2.14. The Morgan fingerprint density at radius 3 is 2.94 bits per heavy atom. The Labute approximate surface area is 104 Å². The minimum Gasteiger partial charge on any atom is -0.435 e. The largest absolute Gasteiger partial charge is 0.435 e. The van der Waals surface area contributed by atoms with E-state index >= 15 is 0 Å². The summed E-state index contributed by atoms with van der Waals surface area (Å²) in [6.45, 7) is -0.574. The summed E-state index contributed by atoms with van der Waals surface area (Å²) in [7, 11) is 0. The Hall–Kier alpha value is -0.970. The minimum absolute atomic E-state index is 0.198. The number of halogens is 2. The number of ether oxygens (including phenoxy) is 1. The van der Waals surface area contributed by atoms with Gasteiger partial charge in [0.05, 0.1) is 0 Å². The van der Waals surface area contributed by atoms with Crippen LogP contribution in [0.3, 0.4) is 0 Å². The number of anilines is 1. The lowest BCUT2D eigenvalue weighted by molar-refractivity contribution is -0.0498. The van der Waals surface area contributed by atoms with Crippen LogP contribution < -0.4 is 10.1 Å². The molecule has 1 aliphatic heterocycles. The summed E-state index contributed by atoms with van der Waals surface area (Å²) >= 11 is 1.93. The first kappa shape index (κ1) is 12.5. The molecule has 0 radical (unpaired) electrons. The quantitative estimate of drug-likeness (QED) is 0.892. The first-order chi connectivity index (χ1) is 8.13. The molecule has 1 aromatic carbocycles. The first-order valence-corrected chi connectivity index (χ1v) is 6.61. The van der Waals surface area contributed by atoms with Crippen LogP contribution >= 0.6 is 11.8 Å². The second kappa shape index (κ2) is 5.58. The van der Waals surface area contributed by atoms with E-state index in [-0.39, 0.29) is 5.75 Å². The van der Waals surface area contributed by atoms with Crippen molar-refractivity contribution in [2.75, 3.05) is 11.1 Å².